The number of carbonyl (C=O) groups excluding carboxylic acids is 1. The van der Waals surface area contributed by atoms with Gasteiger partial charge in [0.25, 0.3) is 5.59 Å². The Hall–Kier alpha value is -0.883. The lowest BCUT2D eigenvalue weighted by atomic mass is 10.3. The number of carboxylic acid groups (broad SMARTS) is 1. The summed E-state index contributed by atoms with van der Waals surface area (Å²) in [5, 5.41) is 10.9. The lowest BCUT2D eigenvalue weighted by molar-refractivity contribution is -0.122. The van der Waals surface area contributed by atoms with Gasteiger partial charge in [0, 0.05) is 5.67 Å². The van der Waals surface area contributed by atoms with Crippen LogP contribution < -0.4 is 11.1 Å². The number of nitrogens with two attached hydrogens (primary N) is 1. The van der Waals surface area contributed by atoms with Gasteiger partial charge in [-0.05, 0) is 13.8 Å². The second kappa shape index (κ2) is 4.89. The van der Waals surface area contributed by atoms with Crippen LogP contribution in [0.1, 0.15) is 13.8 Å². The van der Waals surface area contributed by atoms with Crippen molar-refractivity contribution in [3.8, 4) is 0 Å². The lowest BCUT2D eigenvalue weighted by Gasteiger charge is -2.12. The maximum absolute atomic E-state index is 10.9. The fraction of sp³-hybridized carbons (Fsp3) is 0.667. The highest BCUT2D eigenvalue weighted by Crippen LogP contribution is 1.82. The number of rotatable bonds is 4. The van der Waals surface area contributed by atoms with Gasteiger partial charge < -0.3 is 16.2 Å². The molecule has 0 aromatic rings. The molecule has 0 spiro atoms. The Labute approximate surface area is 73.1 Å². The molecule has 0 rings (SSSR count). The van der Waals surface area contributed by atoms with E-state index >= 15 is 0 Å². The van der Waals surface area contributed by atoms with Crippen molar-refractivity contribution in [3.63, 3.8) is 0 Å². The van der Waals surface area contributed by atoms with Gasteiger partial charge in [-0.1, -0.05) is 0 Å². The fourth-order valence-corrected chi connectivity index (χ4v) is 1.51. The molecule has 6 heteroatoms. The third-order valence-corrected chi connectivity index (χ3v) is 2.45. The molecule has 0 heterocycles. The van der Waals surface area contributed by atoms with Crippen LogP contribution >= 0.6 is 0 Å². The quantitative estimate of drug-likeness (QED) is 0.477. The van der Waals surface area contributed by atoms with Crippen LogP contribution in [0.2, 0.25) is 0 Å². The summed E-state index contributed by atoms with van der Waals surface area (Å²) < 4.78 is 0. The lowest BCUT2D eigenvalue weighted by Crippen LogP contribution is -2.46. The molecule has 70 valence electrons. The summed E-state index contributed by atoms with van der Waals surface area (Å²) in [6.07, 6.45) is 0. The zero-order valence-electron chi connectivity index (χ0n) is 7.20. The van der Waals surface area contributed by atoms with Crippen LogP contribution in [0.3, 0.4) is 0 Å². The van der Waals surface area contributed by atoms with Crippen molar-refractivity contribution >= 4 is 21.0 Å². The molecule has 0 unspecified atom stereocenters. The van der Waals surface area contributed by atoms with E-state index in [-0.39, 0.29) is 11.6 Å². The van der Waals surface area contributed by atoms with Gasteiger partial charge >= 0.3 is 0 Å². The number of hydrogen-bond acceptors (Lipinski definition) is 3. The summed E-state index contributed by atoms with van der Waals surface area (Å²) in [4.78, 5) is 21.2. The SMILES string of the molecule is C[C@H](NC(=O)[C@H](C)N)[SiH2]C(=O)O. The van der Waals surface area contributed by atoms with Crippen molar-refractivity contribution in [2.24, 2.45) is 5.73 Å². The van der Waals surface area contributed by atoms with E-state index in [0.29, 0.717) is 0 Å². The summed E-state index contributed by atoms with van der Waals surface area (Å²) in [6.45, 7) is 3.24. The van der Waals surface area contributed by atoms with Gasteiger partial charge in [0.2, 0.25) is 5.91 Å². The van der Waals surface area contributed by atoms with Crippen molar-refractivity contribution in [2.45, 2.75) is 25.6 Å². The largest absolute Gasteiger partial charge is 0.486 e. The van der Waals surface area contributed by atoms with Crippen LogP contribution in [-0.2, 0) is 4.79 Å². The van der Waals surface area contributed by atoms with Crippen molar-refractivity contribution in [1.29, 1.82) is 0 Å². The Bertz CT molecular complexity index is 184. The summed E-state index contributed by atoms with van der Waals surface area (Å²) in [5.41, 5.74) is 4.24. The van der Waals surface area contributed by atoms with E-state index in [1.54, 1.807) is 13.8 Å². The van der Waals surface area contributed by atoms with Crippen molar-refractivity contribution in [2.75, 3.05) is 0 Å². The first-order valence-electron chi connectivity index (χ1n) is 3.71. The highest BCUT2D eigenvalue weighted by atomic mass is 28.2. The summed E-state index contributed by atoms with van der Waals surface area (Å²) in [7, 11) is -1.28. The number of nitrogens with one attached hydrogen (secondary N) is 1. The maximum Gasteiger partial charge on any atom is 0.264 e. The normalized spacial score (nSPS) is 15.9. The molecule has 1 amide bonds. The highest BCUT2D eigenvalue weighted by Gasteiger charge is 2.13. The molecule has 0 aliphatic carbocycles. The van der Waals surface area contributed by atoms with E-state index in [2.05, 4.69) is 5.32 Å². The molecule has 2 atom stereocenters. The van der Waals surface area contributed by atoms with Crippen molar-refractivity contribution < 1.29 is 14.7 Å². The van der Waals surface area contributed by atoms with Gasteiger partial charge in [0.15, 0.2) is 9.52 Å². The monoisotopic (exact) mass is 190 g/mol. The molecule has 0 aliphatic rings. The molecule has 0 aliphatic heterocycles. The Morgan fingerprint density at radius 3 is 2.33 bits per heavy atom. The molecule has 0 saturated carbocycles. The van der Waals surface area contributed by atoms with E-state index in [1.165, 1.54) is 0 Å². The molecule has 0 aromatic heterocycles. The minimum absolute atomic E-state index is 0.235. The van der Waals surface area contributed by atoms with Crippen LogP contribution in [0.15, 0.2) is 0 Å². The van der Waals surface area contributed by atoms with Crippen LogP contribution in [0, 0.1) is 0 Å². The zero-order valence-corrected chi connectivity index (χ0v) is 8.62. The first kappa shape index (κ1) is 11.1. The maximum atomic E-state index is 10.9. The molecule has 0 bridgehead atoms. The summed E-state index contributed by atoms with van der Waals surface area (Å²) in [6, 6.07) is -0.574. The Balaban J connectivity index is 3.76. The Morgan fingerprint density at radius 2 is 2.00 bits per heavy atom. The Morgan fingerprint density at radius 1 is 1.50 bits per heavy atom. The summed E-state index contributed by atoms with van der Waals surface area (Å²) in [5.74, 6) is -0.295. The van der Waals surface area contributed by atoms with Gasteiger partial charge in [0.05, 0.1) is 6.04 Å². The van der Waals surface area contributed by atoms with Crippen LogP contribution in [-0.4, -0.2) is 37.8 Å². The van der Waals surface area contributed by atoms with E-state index in [0.717, 1.165) is 0 Å². The molecular weight excluding hydrogens is 176 g/mol. The average molecular weight is 190 g/mol. The first-order valence-corrected chi connectivity index (χ1v) is 5.23. The molecule has 5 nitrogen and oxygen atoms in total. The molecular formula is C6H14N2O3Si. The zero-order chi connectivity index (χ0) is 9.72. The topological polar surface area (TPSA) is 92.4 Å². The van der Waals surface area contributed by atoms with Gasteiger partial charge in [-0.3, -0.25) is 9.59 Å². The summed E-state index contributed by atoms with van der Waals surface area (Å²) >= 11 is 0. The standard InChI is InChI=1S/C6H14N2O3Si/c1-3(7)5(9)8-4(2)12-6(10)11/h3-4H,7,12H2,1-2H3,(H,8,9)(H,10,11)/t3-,4+/m0/s1. The third kappa shape index (κ3) is 4.86. The smallest absolute Gasteiger partial charge is 0.264 e. The van der Waals surface area contributed by atoms with Crippen LogP contribution in [0.25, 0.3) is 0 Å². The van der Waals surface area contributed by atoms with Gasteiger partial charge in [0.1, 0.15) is 0 Å². The number of carbonyl (C=O) groups is 2. The second-order valence-corrected chi connectivity index (χ2v) is 5.03. The van der Waals surface area contributed by atoms with Gasteiger partial charge in [-0.15, -0.1) is 0 Å². The van der Waals surface area contributed by atoms with Crippen LogP contribution in [0.5, 0.6) is 0 Å². The first-order chi connectivity index (χ1) is 5.43. The highest BCUT2D eigenvalue weighted by molar-refractivity contribution is 6.72. The number of hydrogen-bond donors (Lipinski definition) is 3. The molecule has 0 fully saturated rings. The molecule has 12 heavy (non-hydrogen) atoms. The van der Waals surface area contributed by atoms with Gasteiger partial charge in [-0.25, -0.2) is 0 Å². The van der Waals surface area contributed by atoms with Crippen molar-refractivity contribution in [1.82, 2.24) is 5.32 Å². The molecule has 0 aromatic carbocycles. The van der Waals surface area contributed by atoms with E-state index in [1.807, 2.05) is 0 Å². The Kier molecular flexibility index (Phi) is 4.53. The minimum atomic E-state index is -1.28. The number of amides is 1. The minimum Gasteiger partial charge on any atom is -0.486 e. The molecule has 0 saturated heterocycles. The third-order valence-electron chi connectivity index (χ3n) is 1.28. The fourth-order valence-electron chi connectivity index (χ4n) is 0.687. The van der Waals surface area contributed by atoms with Gasteiger partial charge in [-0.2, -0.15) is 0 Å². The second-order valence-electron chi connectivity index (χ2n) is 2.80. The molecule has 4 N–H and O–H groups in total. The van der Waals surface area contributed by atoms with E-state index in [4.69, 9.17) is 10.8 Å². The van der Waals surface area contributed by atoms with E-state index < -0.39 is 21.2 Å². The predicted octanol–water partition coefficient (Wildman–Crippen LogP) is -1.36. The van der Waals surface area contributed by atoms with E-state index in [9.17, 15) is 9.59 Å². The average Bonchev–Trinajstić information content (AvgIpc) is 1.84. The predicted molar refractivity (Wildman–Crippen MR) is 47.8 cm³/mol. The molecule has 0 radical (unpaired) electrons. The van der Waals surface area contributed by atoms with Crippen LogP contribution in [0.4, 0.5) is 4.79 Å². The van der Waals surface area contributed by atoms with Crippen molar-refractivity contribution in [3.05, 3.63) is 0 Å².